The van der Waals surface area contributed by atoms with E-state index < -0.39 is 0 Å². The maximum atomic E-state index is 12.1. The minimum atomic E-state index is -0.169. The molecule has 0 bridgehead atoms. The third kappa shape index (κ3) is 4.33. The Bertz CT molecular complexity index is 788. The van der Waals surface area contributed by atoms with E-state index in [0.717, 1.165) is 21.3 Å². The van der Waals surface area contributed by atoms with Crippen molar-refractivity contribution in [3.63, 3.8) is 0 Å². The molecule has 0 spiro atoms. The molecule has 1 aliphatic heterocycles. The van der Waals surface area contributed by atoms with Crippen LogP contribution in [0.25, 0.3) is 0 Å². The van der Waals surface area contributed by atoms with Crippen LogP contribution in [0.2, 0.25) is 0 Å². The topological polar surface area (TPSA) is 53.8 Å². The van der Waals surface area contributed by atoms with Crippen LogP contribution in [-0.2, 0) is 11.2 Å². The first kappa shape index (κ1) is 16.9. The van der Waals surface area contributed by atoms with Gasteiger partial charge in [0, 0.05) is 4.47 Å². The van der Waals surface area contributed by atoms with Crippen molar-refractivity contribution in [1.82, 2.24) is 5.32 Å². The lowest BCUT2D eigenvalue weighted by molar-refractivity contribution is -0.118. The zero-order valence-electron chi connectivity index (χ0n) is 13.1. The molecule has 0 saturated carbocycles. The molecule has 122 valence electrons. The molecule has 6 heteroatoms. The van der Waals surface area contributed by atoms with Gasteiger partial charge in [-0.15, -0.1) is 5.10 Å². The Labute approximate surface area is 153 Å². The molecule has 0 radical (unpaired) electrons. The van der Waals surface area contributed by atoms with Gasteiger partial charge < -0.3 is 5.32 Å². The van der Waals surface area contributed by atoms with E-state index in [1.807, 2.05) is 61.5 Å². The molecule has 2 aromatic carbocycles. The van der Waals surface area contributed by atoms with Gasteiger partial charge >= 0.3 is 0 Å². The van der Waals surface area contributed by atoms with Gasteiger partial charge in [-0.05, 0) is 36.6 Å². The predicted octanol–water partition coefficient (Wildman–Crippen LogP) is 4.00. The summed E-state index contributed by atoms with van der Waals surface area (Å²) in [6.07, 6.45) is 0.671. The molecule has 3 rings (SSSR count). The van der Waals surface area contributed by atoms with E-state index in [9.17, 15) is 4.79 Å². The summed E-state index contributed by atoms with van der Waals surface area (Å²) in [4.78, 5) is 12.1. The molecule has 0 aromatic heterocycles. The smallest absolute Gasteiger partial charge is 0.239 e. The zero-order chi connectivity index (χ0) is 16.9. The highest BCUT2D eigenvalue weighted by atomic mass is 79.9. The normalized spacial score (nSPS) is 19.6. The van der Waals surface area contributed by atoms with Crippen molar-refractivity contribution in [3.05, 3.63) is 70.2 Å². The summed E-state index contributed by atoms with van der Waals surface area (Å²) in [5.74, 6) is -0.0192. The molecule has 2 aromatic rings. The lowest BCUT2D eigenvalue weighted by Crippen LogP contribution is -2.25. The Balaban J connectivity index is 1.67. The van der Waals surface area contributed by atoms with Crippen molar-refractivity contribution in [2.75, 3.05) is 0 Å². The highest BCUT2D eigenvalue weighted by Gasteiger charge is 2.30. The molecular formula is C18H16BrN3OS. The lowest BCUT2D eigenvalue weighted by atomic mass is 10.1. The SMILES string of the molecule is C/C(=N\N=C1\NC(=O)[C@H](Cc2ccc(Br)cc2)S1)c1ccccc1. The number of hydrogen-bond acceptors (Lipinski definition) is 4. The first-order chi connectivity index (χ1) is 11.6. The average molecular weight is 402 g/mol. The minimum absolute atomic E-state index is 0.0192. The molecule has 1 heterocycles. The molecule has 4 nitrogen and oxygen atoms in total. The van der Waals surface area contributed by atoms with E-state index in [4.69, 9.17) is 0 Å². The number of amidine groups is 1. The summed E-state index contributed by atoms with van der Waals surface area (Å²) in [6.45, 7) is 1.90. The maximum Gasteiger partial charge on any atom is 0.239 e. The van der Waals surface area contributed by atoms with Crippen LogP contribution in [0.3, 0.4) is 0 Å². The fraction of sp³-hybridized carbons (Fsp3) is 0.167. The largest absolute Gasteiger partial charge is 0.303 e. The Morgan fingerprint density at radius 3 is 2.58 bits per heavy atom. The molecule has 1 atom stereocenters. The third-order valence-electron chi connectivity index (χ3n) is 3.59. The van der Waals surface area contributed by atoms with Crippen molar-refractivity contribution in [2.24, 2.45) is 10.2 Å². The van der Waals surface area contributed by atoms with Crippen molar-refractivity contribution in [1.29, 1.82) is 0 Å². The van der Waals surface area contributed by atoms with Crippen LogP contribution in [0.5, 0.6) is 0 Å². The summed E-state index contributed by atoms with van der Waals surface area (Å²) in [5.41, 5.74) is 2.95. The number of nitrogens with one attached hydrogen (secondary N) is 1. The Kier molecular flexibility index (Phi) is 5.48. The zero-order valence-corrected chi connectivity index (χ0v) is 15.5. The first-order valence-electron chi connectivity index (χ1n) is 7.51. The quantitative estimate of drug-likeness (QED) is 0.621. The average Bonchev–Trinajstić information content (AvgIpc) is 2.95. The van der Waals surface area contributed by atoms with E-state index in [0.29, 0.717) is 11.6 Å². The van der Waals surface area contributed by atoms with Crippen LogP contribution in [0.1, 0.15) is 18.1 Å². The Hall–Kier alpha value is -1.92. The van der Waals surface area contributed by atoms with Crippen molar-refractivity contribution >= 4 is 44.5 Å². The highest BCUT2D eigenvalue weighted by molar-refractivity contribution is 9.10. The van der Waals surface area contributed by atoms with E-state index in [1.165, 1.54) is 11.8 Å². The summed E-state index contributed by atoms with van der Waals surface area (Å²) in [6, 6.07) is 17.8. The number of hydrogen-bond donors (Lipinski definition) is 1. The van der Waals surface area contributed by atoms with Crippen LogP contribution in [0, 0.1) is 0 Å². The van der Waals surface area contributed by atoms with Gasteiger partial charge in [0.25, 0.3) is 0 Å². The van der Waals surface area contributed by atoms with E-state index in [2.05, 4.69) is 31.4 Å². The van der Waals surface area contributed by atoms with Crippen LogP contribution in [0.15, 0.2) is 69.3 Å². The summed E-state index contributed by atoms with van der Waals surface area (Å²) in [7, 11) is 0. The Morgan fingerprint density at radius 2 is 1.88 bits per heavy atom. The second kappa shape index (κ2) is 7.77. The summed E-state index contributed by atoms with van der Waals surface area (Å²) >= 11 is 4.84. The van der Waals surface area contributed by atoms with Gasteiger partial charge in [-0.25, -0.2) is 0 Å². The second-order valence-electron chi connectivity index (χ2n) is 5.38. The number of rotatable bonds is 4. The Morgan fingerprint density at radius 1 is 1.17 bits per heavy atom. The molecule has 1 amide bonds. The monoisotopic (exact) mass is 401 g/mol. The molecule has 1 saturated heterocycles. The van der Waals surface area contributed by atoms with Gasteiger partial charge in [0.05, 0.1) is 11.0 Å². The van der Waals surface area contributed by atoms with Crippen LogP contribution >= 0.6 is 27.7 Å². The van der Waals surface area contributed by atoms with Crippen LogP contribution in [0.4, 0.5) is 0 Å². The fourth-order valence-electron chi connectivity index (χ4n) is 2.28. The van der Waals surface area contributed by atoms with E-state index in [-0.39, 0.29) is 11.2 Å². The maximum absolute atomic E-state index is 12.1. The van der Waals surface area contributed by atoms with Gasteiger partial charge in [0.15, 0.2) is 5.17 Å². The van der Waals surface area contributed by atoms with Crippen molar-refractivity contribution < 1.29 is 4.79 Å². The number of carbonyl (C=O) groups is 1. The molecule has 0 aliphatic carbocycles. The number of nitrogens with zero attached hydrogens (tertiary/aromatic N) is 2. The standard InChI is InChI=1S/C18H16BrN3OS/c1-12(14-5-3-2-4-6-14)21-22-18-20-17(23)16(24-18)11-13-7-9-15(19)10-8-13/h2-10,16H,11H2,1H3,(H,20,22,23)/b21-12+/t16-/m0/s1. The summed E-state index contributed by atoms with van der Waals surface area (Å²) in [5, 5.41) is 11.6. The first-order valence-corrected chi connectivity index (χ1v) is 9.19. The molecule has 1 N–H and O–H groups in total. The molecule has 1 aliphatic rings. The molecule has 24 heavy (non-hydrogen) atoms. The van der Waals surface area contributed by atoms with Gasteiger partial charge in [-0.3, -0.25) is 4.79 Å². The number of halogens is 1. The fourth-order valence-corrected chi connectivity index (χ4v) is 3.50. The molecule has 0 unspecified atom stereocenters. The van der Waals surface area contributed by atoms with Crippen molar-refractivity contribution in [2.45, 2.75) is 18.6 Å². The third-order valence-corrected chi connectivity index (χ3v) is 5.19. The van der Waals surface area contributed by atoms with Crippen LogP contribution < -0.4 is 5.32 Å². The minimum Gasteiger partial charge on any atom is -0.303 e. The summed E-state index contributed by atoms with van der Waals surface area (Å²) < 4.78 is 1.03. The lowest BCUT2D eigenvalue weighted by Gasteiger charge is -2.05. The van der Waals surface area contributed by atoms with E-state index >= 15 is 0 Å². The number of carbonyl (C=O) groups excluding carboxylic acids is 1. The van der Waals surface area contributed by atoms with Gasteiger partial charge in [-0.1, -0.05) is 70.2 Å². The molecular weight excluding hydrogens is 386 g/mol. The number of amides is 1. The van der Waals surface area contributed by atoms with E-state index in [1.54, 1.807) is 0 Å². The number of benzene rings is 2. The number of thioether (sulfide) groups is 1. The molecule has 1 fully saturated rings. The van der Waals surface area contributed by atoms with Crippen LogP contribution in [-0.4, -0.2) is 22.0 Å². The predicted molar refractivity (Wildman–Crippen MR) is 103 cm³/mol. The van der Waals surface area contributed by atoms with Gasteiger partial charge in [0.2, 0.25) is 5.91 Å². The van der Waals surface area contributed by atoms with Crippen molar-refractivity contribution in [3.8, 4) is 0 Å². The van der Waals surface area contributed by atoms with Gasteiger partial charge in [0.1, 0.15) is 0 Å². The second-order valence-corrected chi connectivity index (χ2v) is 7.49. The highest BCUT2D eigenvalue weighted by Crippen LogP contribution is 2.24. The van der Waals surface area contributed by atoms with Gasteiger partial charge in [-0.2, -0.15) is 5.10 Å².